The minimum absolute atomic E-state index is 0.0224. The summed E-state index contributed by atoms with van der Waals surface area (Å²) in [6, 6.07) is 73.0. The molecule has 0 aromatic heterocycles. The zero-order valence-electron chi connectivity index (χ0n) is 95.9. The van der Waals surface area contributed by atoms with Gasteiger partial charge in [0.25, 0.3) is 0 Å². The van der Waals surface area contributed by atoms with Crippen LogP contribution in [0.4, 0.5) is 0 Å². The van der Waals surface area contributed by atoms with Crippen molar-refractivity contribution >= 4 is 17.9 Å². The average Bonchev–Trinajstić information content (AvgIpc) is 0.881. The number of carbonyl (C=O) groups is 3. The molecule has 14 atom stereocenters. The first kappa shape index (κ1) is 134. The number of hydrogen-bond acceptors (Lipinski definition) is 16. The van der Waals surface area contributed by atoms with Crippen LogP contribution in [0.15, 0.2) is 224 Å². The molecule has 9 aromatic carbocycles. The molecule has 0 spiro atoms. The highest BCUT2D eigenvalue weighted by Crippen LogP contribution is 2.32. The van der Waals surface area contributed by atoms with E-state index in [0.29, 0.717) is 95.2 Å². The van der Waals surface area contributed by atoms with Crippen molar-refractivity contribution in [1.29, 1.82) is 0 Å². The Labute approximate surface area is 876 Å². The number of rotatable bonds is 37. The third-order valence-electron chi connectivity index (χ3n) is 25.9. The second-order valence-electron chi connectivity index (χ2n) is 40.2. The molecule has 16 heteroatoms. The zero-order chi connectivity index (χ0) is 109. The Morgan fingerprint density at radius 1 is 0.278 bits per heavy atom. The topological polar surface area (TPSA) is 215 Å². The highest BCUT2D eigenvalue weighted by Gasteiger charge is 2.23. The minimum atomic E-state index is -0.347. The van der Waals surface area contributed by atoms with Gasteiger partial charge in [-0.3, -0.25) is 14.4 Å². The fourth-order valence-electron chi connectivity index (χ4n) is 13.9. The molecule has 0 bridgehead atoms. The summed E-state index contributed by atoms with van der Waals surface area (Å²) >= 11 is 0. The van der Waals surface area contributed by atoms with Gasteiger partial charge in [-0.15, -0.1) is 0 Å². The molecule has 144 heavy (non-hydrogen) atoms. The molecule has 1 fully saturated rings. The van der Waals surface area contributed by atoms with Crippen LogP contribution in [-0.4, -0.2) is 88.2 Å². The molecule has 16 nitrogen and oxygen atoms in total. The summed E-state index contributed by atoms with van der Waals surface area (Å²) in [5, 5.41) is 36.0. The minimum Gasteiger partial charge on any atom is -0.508 e. The van der Waals surface area contributed by atoms with Crippen molar-refractivity contribution in [2.45, 2.75) is 428 Å². The summed E-state index contributed by atoms with van der Waals surface area (Å²) in [4.78, 5) is 33.0. The quantitative estimate of drug-likeness (QED) is 0.0162. The molecule has 0 radical (unpaired) electrons. The second kappa shape index (κ2) is 77.3. The second-order valence-corrected chi connectivity index (χ2v) is 40.2. The molecule has 1 aliphatic rings. The van der Waals surface area contributed by atoms with E-state index in [9.17, 15) is 14.4 Å². The van der Waals surface area contributed by atoms with E-state index in [1.807, 2.05) is 201 Å². The maximum atomic E-state index is 11.2. The van der Waals surface area contributed by atoms with E-state index < -0.39 is 0 Å². The molecule has 806 valence electrons. The summed E-state index contributed by atoms with van der Waals surface area (Å²) in [6.45, 7) is 71.9. The van der Waals surface area contributed by atoms with Gasteiger partial charge < -0.3 is 63.1 Å². The van der Waals surface area contributed by atoms with Gasteiger partial charge in [-0.2, -0.15) is 0 Å². The van der Waals surface area contributed by atoms with Crippen LogP contribution in [0.3, 0.4) is 0 Å². The molecule has 0 amide bonds. The lowest BCUT2D eigenvalue weighted by Gasteiger charge is -2.22. The number of carbonyl (C=O) groups excluding carboxylic acids is 3. The van der Waals surface area contributed by atoms with Crippen molar-refractivity contribution in [3.63, 3.8) is 0 Å². The maximum absolute atomic E-state index is 11.2. The van der Waals surface area contributed by atoms with Crippen molar-refractivity contribution < 1.29 is 77.4 Å². The Hall–Kier alpha value is -10.1. The van der Waals surface area contributed by atoms with E-state index in [1.165, 1.54) is 108 Å². The van der Waals surface area contributed by atoms with E-state index >= 15 is 0 Å². The van der Waals surface area contributed by atoms with Crippen molar-refractivity contribution in [2.75, 3.05) is 19.8 Å². The van der Waals surface area contributed by atoms with Crippen LogP contribution in [0.25, 0.3) is 0 Å². The van der Waals surface area contributed by atoms with Gasteiger partial charge in [0.15, 0.2) is 18.9 Å². The van der Waals surface area contributed by atoms with Gasteiger partial charge in [0.2, 0.25) is 0 Å². The number of phenols is 4. The molecule has 1 aliphatic carbocycles. The molecular formula is C128H198O16. The van der Waals surface area contributed by atoms with Crippen LogP contribution in [-0.2, 0) is 38.1 Å². The lowest BCUT2D eigenvalue weighted by molar-refractivity contribution is -0.160. The smallest absolute Gasteiger partial charge is 0.309 e. The summed E-state index contributed by atoms with van der Waals surface area (Å²) in [6.07, 6.45) is 19.7. The first-order valence-corrected chi connectivity index (χ1v) is 54.3. The van der Waals surface area contributed by atoms with E-state index in [-0.39, 0.29) is 59.8 Å². The van der Waals surface area contributed by atoms with E-state index in [4.69, 9.17) is 63.1 Å². The van der Waals surface area contributed by atoms with Gasteiger partial charge in [-0.25, -0.2) is 0 Å². The molecule has 14 unspecified atom stereocenters. The number of phenolic OH excluding ortho intramolecular Hbond substituents is 4. The van der Waals surface area contributed by atoms with E-state index in [2.05, 4.69) is 203 Å². The van der Waals surface area contributed by atoms with Gasteiger partial charge in [0.1, 0.15) is 57.2 Å². The molecule has 10 rings (SSSR count). The highest BCUT2D eigenvalue weighted by molar-refractivity contribution is 5.73. The standard InChI is InChI=1S/C20H32O2.2C14H22O2.C12H16O2.4C10H14O.C10H14.2C9H18O2/c1-4-16(2)19-10-12-20(13-11-19)22-17(3)21-15-14-18-8-6-5-7-9-18;2*1-5-11(3)13-7-9-14(10-8-13)16-12(4)15-6-2;1-4-9(2)11-5-7-12(8-6-11)14-10(3)13;4*1-3-8(2)9-4-6-10(11)7-5-9;1-3-9(2)10-7-5-4-6-8-10;2*1-6-7(2)8(10)11-9(3,4)5/h10-13,16-18H,4-9,14-15H2,1-3H3;2*7-12H,5-6H2,1-4H3;5-9H,4H2,1-3H3;4*4-8,11H,3H2,1-2H3;4-9H,3H2,1-2H3;2*7H,6H2,1-5H3. The number of ether oxygens (including phenoxy) is 9. The van der Waals surface area contributed by atoms with Crippen LogP contribution in [0.2, 0.25) is 0 Å². The Kier molecular flexibility index (Phi) is 71.9. The summed E-state index contributed by atoms with van der Waals surface area (Å²) < 4.78 is 48.8. The van der Waals surface area contributed by atoms with Crippen LogP contribution >= 0.6 is 0 Å². The predicted molar refractivity (Wildman–Crippen MR) is 606 cm³/mol. The number of hydrogen-bond donors (Lipinski definition) is 4. The molecule has 0 aliphatic heterocycles. The molecular weight excluding hydrogens is 1790 g/mol. The molecule has 9 aromatic rings. The van der Waals surface area contributed by atoms with Gasteiger partial charge in [0, 0.05) is 20.1 Å². The number of benzene rings is 9. The van der Waals surface area contributed by atoms with Gasteiger partial charge in [0.05, 0.1) is 18.4 Å². The fourth-order valence-corrected chi connectivity index (χ4v) is 13.9. The Morgan fingerprint density at radius 3 is 0.688 bits per heavy atom. The number of aromatic hydroxyl groups is 4. The highest BCUT2D eigenvalue weighted by atomic mass is 16.7. The normalized spacial score (nSPS) is 14.3. The third-order valence-corrected chi connectivity index (χ3v) is 25.9. The summed E-state index contributed by atoms with van der Waals surface area (Å²) in [5.74, 6) is 10.5. The number of esters is 3. The first-order valence-electron chi connectivity index (χ1n) is 54.3. The van der Waals surface area contributed by atoms with Crippen molar-refractivity contribution in [3.05, 3.63) is 275 Å². The molecule has 1 saturated carbocycles. The van der Waals surface area contributed by atoms with Crippen LogP contribution in [0.1, 0.15) is 448 Å². The monoisotopic (exact) mass is 1990 g/mol. The predicted octanol–water partition coefficient (Wildman–Crippen LogP) is 36.5. The molecule has 0 saturated heterocycles. The van der Waals surface area contributed by atoms with Crippen molar-refractivity contribution in [1.82, 2.24) is 0 Å². The zero-order valence-corrected chi connectivity index (χ0v) is 95.9. The van der Waals surface area contributed by atoms with E-state index in [1.54, 1.807) is 48.5 Å². The van der Waals surface area contributed by atoms with E-state index in [0.717, 1.165) is 87.6 Å². The van der Waals surface area contributed by atoms with Gasteiger partial charge >= 0.3 is 17.9 Å². The maximum Gasteiger partial charge on any atom is 0.309 e. The van der Waals surface area contributed by atoms with Crippen molar-refractivity contribution in [2.24, 2.45) is 17.8 Å². The van der Waals surface area contributed by atoms with Crippen LogP contribution in [0, 0.1) is 17.8 Å². The Bertz CT molecular complexity index is 4310. The lowest BCUT2D eigenvalue weighted by Crippen LogP contribution is -2.27. The average molecular weight is 1990 g/mol. The van der Waals surface area contributed by atoms with Gasteiger partial charge in [-0.05, 0) is 360 Å². The molecule has 4 N–H and O–H groups in total. The SMILES string of the molecule is CCC(C)C(=O)OC(C)(C)C.CCC(C)C(=O)OC(C)(C)C.CCC(C)c1ccc(O)cc1.CCC(C)c1ccc(O)cc1.CCC(C)c1ccc(O)cc1.CCC(C)c1ccc(O)cc1.CCC(C)c1ccc(OC(C)=O)cc1.CCC(C)c1ccc(OC(C)OCCC2CCCCC2)cc1.CCC(C)c1ccccc1.CCOC(C)Oc1ccc(C(C)CC)cc1.CCOC(C)Oc1ccc(C(C)CC)cc1. The first-order chi connectivity index (χ1) is 68.2. The van der Waals surface area contributed by atoms with Gasteiger partial charge in [-0.1, -0.05) is 312 Å². The van der Waals surface area contributed by atoms with Crippen molar-refractivity contribution in [3.8, 4) is 46.0 Å². The summed E-state index contributed by atoms with van der Waals surface area (Å²) in [7, 11) is 0. The fraction of sp³-hybridized carbons (Fsp3) is 0.555. The third kappa shape index (κ3) is 62.6. The van der Waals surface area contributed by atoms with Crippen LogP contribution < -0.4 is 18.9 Å². The van der Waals surface area contributed by atoms with Crippen LogP contribution in [0.5, 0.6) is 46.0 Å². The summed E-state index contributed by atoms with van der Waals surface area (Å²) in [5.41, 5.74) is 11.3. The largest absolute Gasteiger partial charge is 0.508 e. The lowest BCUT2D eigenvalue weighted by atomic mass is 9.87. The Balaban J connectivity index is 0.00000158. The molecule has 0 heterocycles. The Morgan fingerprint density at radius 2 is 0.486 bits per heavy atom.